The van der Waals surface area contributed by atoms with E-state index in [1.54, 1.807) is 11.3 Å². The Morgan fingerprint density at radius 1 is 1.53 bits per heavy atom. The van der Waals surface area contributed by atoms with E-state index >= 15 is 0 Å². The van der Waals surface area contributed by atoms with Gasteiger partial charge in [-0.15, -0.1) is 11.3 Å². The number of nitrogens with zero attached hydrogens (tertiary/aromatic N) is 2. The van der Waals surface area contributed by atoms with Gasteiger partial charge in [-0.1, -0.05) is 6.07 Å². The summed E-state index contributed by atoms with van der Waals surface area (Å²) in [5.41, 5.74) is 7.50. The first kappa shape index (κ1) is 11.1. The van der Waals surface area contributed by atoms with E-state index in [4.69, 9.17) is 5.73 Å². The summed E-state index contributed by atoms with van der Waals surface area (Å²) >= 11 is 1.73. The number of aromatic nitrogens is 1. The van der Waals surface area contributed by atoms with Crippen molar-refractivity contribution in [1.82, 2.24) is 9.88 Å². The van der Waals surface area contributed by atoms with E-state index in [9.17, 15) is 0 Å². The molecule has 2 aromatic heterocycles. The summed E-state index contributed by atoms with van der Waals surface area (Å²) in [5, 5.41) is 3.54. The number of nitrogens with two attached hydrogens (primary N) is 1. The van der Waals surface area contributed by atoms with Gasteiger partial charge in [0.25, 0.3) is 0 Å². The molecule has 2 N–H and O–H groups in total. The van der Waals surface area contributed by atoms with Crippen LogP contribution in [0.3, 0.4) is 0 Å². The van der Waals surface area contributed by atoms with Crippen LogP contribution < -0.4 is 5.73 Å². The second-order valence-electron chi connectivity index (χ2n) is 4.83. The Balaban J connectivity index is 2.02. The molecule has 2 atom stereocenters. The van der Waals surface area contributed by atoms with Crippen LogP contribution in [0.4, 0.5) is 0 Å². The highest BCUT2D eigenvalue weighted by molar-refractivity contribution is 7.16. The monoisotopic (exact) mass is 247 g/mol. The minimum Gasteiger partial charge on any atom is -0.328 e. The molecule has 1 fully saturated rings. The predicted molar refractivity (Wildman–Crippen MR) is 72.2 cm³/mol. The third-order valence-corrected chi connectivity index (χ3v) is 4.57. The maximum Gasteiger partial charge on any atom is 0.123 e. The molecule has 1 aliphatic rings. The first-order valence-corrected chi connectivity index (χ1v) is 6.91. The van der Waals surface area contributed by atoms with E-state index in [1.807, 2.05) is 12.3 Å². The summed E-state index contributed by atoms with van der Waals surface area (Å²) in [4.78, 5) is 7.96. The molecule has 90 valence electrons. The van der Waals surface area contributed by atoms with Crippen LogP contribution in [-0.4, -0.2) is 29.5 Å². The Kier molecular flexibility index (Phi) is 2.86. The summed E-state index contributed by atoms with van der Waals surface area (Å²) in [5.74, 6) is 0. The Morgan fingerprint density at radius 3 is 3.29 bits per heavy atom. The molecule has 4 heteroatoms. The van der Waals surface area contributed by atoms with Crippen LogP contribution in [0.5, 0.6) is 0 Å². The van der Waals surface area contributed by atoms with Crippen LogP contribution >= 0.6 is 11.3 Å². The van der Waals surface area contributed by atoms with E-state index in [0.717, 1.165) is 24.2 Å². The molecule has 2 aromatic rings. The fraction of sp³-hybridized carbons (Fsp3) is 0.462. The maximum atomic E-state index is 6.10. The first-order valence-electron chi connectivity index (χ1n) is 6.03. The Morgan fingerprint density at radius 2 is 2.41 bits per heavy atom. The van der Waals surface area contributed by atoms with E-state index in [-0.39, 0.29) is 0 Å². The third kappa shape index (κ3) is 1.97. The first-order chi connectivity index (χ1) is 8.25. The highest BCUT2D eigenvalue weighted by Crippen LogP contribution is 2.36. The van der Waals surface area contributed by atoms with Gasteiger partial charge in [-0.25, -0.2) is 4.98 Å². The van der Waals surface area contributed by atoms with Gasteiger partial charge < -0.3 is 5.73 Å². The number of hydrogen-bond donors (Lipinski definition) is 1. The summed E-state index contributed by atoms with van der Waals surface area (Å²) in [7, 11) is 2.19. The fourth-order valence-corrected chi connectivity index (χ4v) is 3.58. The number of rotatable bonds is 1. The molecule has 0 aliphatic carbocycles. The van der Waals surface area contributed by atoms with Crippen molar-refractivity contribution in [2.24, 2.45) is 5.73 Å². The van der Waals surface area contributed by atoms with Crippen molar-refractivity contribution < 1.29 is 0 Å². The van der Waals surface area contributed by atoms with Crippen molar-refractivity contribution in [2.45, 2.75) is 24.9 Å². The molecule has 0 amide bonds. The minimum atomic E-state index is 0.336. The Hall–Kier alpha value is -0.970. The van der Waals surface area contributed by atoms with Gasteiger partial charge in [0, 0.05) is 23.7 Å². The van der Waals surface area contributed by atoms with Gasteiger partial charge in [0.15, 0.2) is 0 Å². The van der Waals surface area contributed by atoms with Gasteiger partial charge in [-0.3, -0.25) is 4.90 Å². The van der Waals surface area contributed by atoms with E-state index in [2.05, 4.69) is 28.4 Å². The average Bonchev–Trinajstić information content (AvgIpc) is 2.76. The molecular weight excluding hydrogens is 230 g/mol. The molecule has 0 bridgehead atoms. The molecule has 3 heterocycles. The lowest BCUT2D eigenvalue weighted by atomic mass is 9.93. The van der Waals surface area contributed by atoms with E-state index in [1.165, 1.54) is 10.9 Å². The number of pyridine rings is 1. The van der Waals surface area contributed by atoms with Crippen molar-refractivity contribution in [3.8, 4) is 0 Å². The molecule has 1 aliphatic heterocycles. The van der Waals surface area contributed by atoms with Gasteiger partial charge in [-0.05, 0) is 43.4 Å². The van der Waals surface area contributed by atoms with Crippen LogP contribution in [0, 0.1) is 0 Å². The van der Waals surface area contributed by atoms with Crippen molar-refractivity contribution in [2.75, 3.05) is 13.6 Å². The molecule has 0 saturated carbocycles. The van der Waals surface area contributed by atoms with Crippen molar-refractivity contribution in [3.05, 3.63) is 29.3 Å². The minimum absolute atomic E-state index is 0.336. The van der Waals surface area contributed by atoms with Gasteiger partial charge in [0.2, 0.25) is 0 Å². The lowest BCUT2D eigenvalue weighted by molar-refractivity contribution is 0.173. The average molecular weight is 247 g/mol. The normalized spacial score (nSPS) is 26.5. The van der Waals surface area contributed by atoms with Crippen LogP contribution in [0.2, 0.25) is 0 Å². The third-order valence-electron chi connectivity index (χ3n) is 3.65. The number of piperidine rings is 1. The number of hydrogen-bond acceptors (Lipinski definition) is 4. The van der Waals surface area contributed by atoms with Crippen LogP contribution in [0.15, 0.2) is 23.7 Å². The molecule has 2 unspecified atom stereocenters. The smallest absolute Gasteiger partial charge is 0.123 e. The molecule has 0 spiro atoms. The zero-order valence-corrected chi connectivity index (χ0v) is 10.8. The molecular formula is C13H17N3S. The topological polar surface area (TPSA) is 42.1 Å². The second-order valence-corrected chi connectivity index (χ2v) is 5.69. The summed E-state index contributed by atoms with van der Waals surface area (Å²) in [6.45, 7) is 1.09. The Bertz CT molecular complexity index is 522. The molecule has 17 heavy (non-hydrogen) atoms. The lowest BCUT2D eigenvalue weighted by Gasteiger charge is -2.35. The Labute approximate surface area is 105 Å². The highest BCUT2D eigenvalue weighted by Gasteiger charge is 2.27. The van der Waals surface area contributed by atoms with Crippen LogP contribution in [0.25, 0.3) is 10.2 Å². The number of thiophene rings is 1. The quantitative estimate of drug-likeness (QED) is 0.841. The zero-order chi connectivity index (χ0) is 11.8. The van der Waals surface area contributed by atoms with Crippen molar-refractivity contribution in [1.29, 1.82) is 0 Å². The van der Waals surface area contributed by atoms with Crippen molar-refractivity contribution in [3.63, 3.8) is 0 Å². The predicted octanol–water partition coefficient (Wildman–Crippen LogP) is 2.39. The molecule has 1 saturated heterocycles. The van der Waals surface area contributed by atoms with Gasteiger partial charge >= 0.3 is 0 Å². The summed E-state index contributed by atoms with van der Waals surface area (Å²) < 4.78 is 0. The molecule has 3 rings (SSSR count). The summed E-state index contributed by atoms with van der Waals surface area (Å²) in [6, 6.07) is 4.98. The van der Waals surface area contributed by atoms with Crippen LogP contribution in [0.1, 0.15) is 24.4 Å². The fourth-order valence-electron chi connectivity index (χ4n) is 2.62. The van der Waals surface area contributed by atoms with Gasteiger partial charge in [0.1, 0.15) is 4.83 Å². The number of fused-ring (bicyclic) bond motifs is 1. The molecule has 3 nitrogen and oxygen atoms in total. The SMILES string of the molecule is CN1CCC(N)CC1c1csc2ncccc12. The van der Waals surface area contributed by atoms with E-state index in [0.29, 0.717) is 12.1 Å². The van der Waals surface area contributed by atoms with Crippen molar-refractivity contribution >= 4 is 21.6 Å². The standard InChI is InChI=1S/C13H17N3S/c1-16-6-4-9(14)7-12(16)11-8-17-13-10(11)3-2-5-15-13/h2-3,5,8-9,12H,4,6-7,14H2,1H3. The van der Waals surface area contributed by atoms with Gasteiger partial charge in [-0.2, -0.15) is 0 Å². The van der Waals surface area contributed by atoms with E-state index < -0.39 is 0 Å². The largest absolute Gasteiger partial charge is 0.328 e. The highest BCUT2D eigenvalue weighted by atomic mass is 32.1. The number of likely N-dealkylation sites (tertiary alicyclic amines) is 1. The second kappa shape index (κ2) is 4.37. The molecule has 0 radical (unpaired) electrons. The zero-order valence-electron chi connectivity index (χ0n) is 9.97. The summed E-state index contributed by atoms with van der Waals surface area (Å²) in [6.07, 6.45) is 4.02. The molecule has 0 aromatic carbocycles. The van der Waals surface area contributed by atoms with Gasteiger partial charge in [0.05, 0.1) is 0 Å². The lowest BCUT2D eigenvalue weighted by Crippen LogP contribution is -2.39. The maximum absolute atomic E-state index is 6.10. The van der Waals surface area contributed by atoms with Crippen LogP contribution in [-0.2, 0) is 0 Å².